The van der Waals surface area contributed by atoms with Crippen LogP contribution in [0.4, 0.5) is 10.1 Å². The lowest BCUT2D eigenvalue weighted by molar-refractivity contribution is 0.102. The zero-order valence-corrected chi connectivity index (χ0v) is 16.7. The van der Waals surface area contributed by atoms with E-state index < -0.39 is 21.7 Å². The van der Waals surface area contributed by atoms with Crippen molar-refractivity contribution < 1.29 is 22.3 Å². The third kappa shape index (κ3) is 5.11. The number of carbonyl (C=O) groups excluding carboxylic acids is 1. The van der Waals surface area contributed by atoms with Gasteiger partial charge >= 0.3 is 0 Å². The van der Waals surface area contributed by atoms with Crippen LogP contribution in [0.3, 0.4) is 0 Å². The SMILES string of the molecule is Cc1cc(C(=O)Nc2cccc(S(N)(=O)=O)c2)c(Oc2ccc(F)cc2)cc1Cl. The number of aryl methyl sites for hydroxylation is 1. The zero-order chi connectivity index (χ0) is 21.2. The molecule has 29 heavy (non-hydrogen) atoms. The summed E-state index contributed by atoms with van der Waals surface area (Å²) in [5.74, 6) is -0.496. The quantitative estimate of drug-likeness (QED) is 0.618. The Morgan fingerprint density at radius 2 is 1.79 bits per heavy atom. The Hall–Kier alpha value is -2.94. The highest BCUT2D eigenvalue weighted by Gasteiger charge is 2.17. The van der Waals surface area contributed by atoms with E-state index >= 15 is 0 Å². The molecule has 0 heterocycles. The van der Waals surface area contributed by atoms with Gasteiger partial charge in [-0.25, -0.2) is 17.9 Å². The highest BCUT2D eigenvalue weighted by Crippen LogP contribution is 2.31. The lowest BCUT2D eigenvalue weighted by Gasteiger charge is -2.14. The van der Waals surface area contributed by atoms with Gasteiger partial charge < -0.3 is 10.1 Å². The van der Waals surface area contributed by atoms with Crippen LogP contribution < -0.4 is 15.2 Å². The van der Waals surface area contributed by atoms with Crippen LogP contribution >= 0.6 is 11.6 Å². The second-order valence-corrected chi connectivity index (χ2v) is 8.15. The molecule has 3 rings (SSSR count). The standard InChI is InChI=1S/C20H16ClFN2O4S/c1-12-9-17(19(11-18(12)21)28-15-7-5-13(22)6-8-15)20(25)24-14-3-2-4-16(10-14)29(23,26)27/h2-11H,1H3,(H,24,25)(H2,23,26,27). The molecular weight excluding hydrogens is 419 g/mol. The predicted octanol–water partition coefficient (Wildman–Crippen LogP) is 4.48. The van der Waals surface area contributed by atoms with Crippen molar-refractivity contribution >= 4 is 33.2 Å². The van der Waals surface area contributed by atoms with Crippen molar-refractivity contribution in [3.05, 3.63) is 82.6 Å². The lowest BCUT2D eigenvalue weighted by Crippen LogP contribution is -2.15. The molecule has 0 saturated heterocycles. The van der Waals surface area contributed by atoms with Crippen LogP contribution in [-0.2, 0) is 10.0 Å². The van der Waals surface area contributed by atoms with E-state index in [9.17, 15) is 17.6 Å². The Balaban J connectivity index is 1.94. The average Bonchev–Trinajstić information content (AvgIpc) is 2.66. The van der Waals surface area contributed by atoms with Gasteiger partial charge in [0, 0.05) is 16.8 Å². The van der Waals surface area contributed by atoms with Gasteiger partial charge in [0.2, 0.25) is 10.0 Å². The Bertz CT molecular complexity index is 1180. The Labute approximate surface area is 172 Å². The number of hydrogen-bond acceptors (Lipinski definition) is 4. The summed E-state index contributed by atoms with van der Waals surface area (Å²) in [5.41, 5.74) is 1.04. The molecule has 0 aromatic heterocycles. The van der Waals surface area contributed by atoms with Crippen LogP contribution in [0, 0.1) is 12.7 Å². The number of sulfonamides is 1. The summed E-state index contributed by atoms with van der Waals surface area (Å²) in [6.07, 6.45) is 0. The van der Waals surface area contributed by atoms with Gasteiger partial charge in [0.25, 0.3) is 5.91 Å². The Kier molecular flexibility index (Phi) is 5.88. The van der Waals surface area contributed by atoms with E-state index in [0.717, 1.165) is 0 Å². The van der Waals surface area contributed by atoms with Gasteiger partial charge in [-0.3, -0.25) is 4.79 Å². The molecule has 0 fully saturated rings. The third-order valence-electron chi connectivity index (χ3n) is 3.97. The first-order valence-electron chi connectivity index (χ1n) is 8.31. The summed E-state index contributed by atoms with van der Waals surface area (Å²) in [4.78, 5) is 12.7. The van der Waals surface area contributed by atoms with E-state index in [4.69, 9.17) is 21.5 Å². The monoisotopic (exact) mass is 434 g/mol. The van der Waals surface area contributed by atoms with Gasteiger partial charge in [0.1, 0.15) is 17.3 Å². The van der Waals surface area contributed by atoms with E-state index in [1.807, 2.05) is 0 Å². The molecule has 0 aliphatic carbocycles. The number of carbonyl (C=O) groups is 1. The number of primary sulfonamides is 1. The smallest absolute Gasteiger partial charge is 0.259 e. The maximum absolute atomic E-state index is 13.1. The fourth-order valence-electron chi connectivity index (χ4n) is 2.50. The fourth-order valence-corrected chi connectivity index (χ4v) is 3.22. The lowest BCUT2D eigenvalue weighted by atomic mass is 10.1. The summed E-state index contributed by atoms with van der Waals surface area (Å²) in [6, 6.07) is 13.9. The second kappa shape index (κ2) is 8.20. The fraction of sp³-hybridized carbons (Fsp3) is 0.0500. The normalized spacial score (nSPS) is 11.2. The van der Waals surface area contributed by atoms with Gasteiger partial charge in [-0.2, -0.15) is 0 Å². The number of nitrogens with one attached hydrogen (secondary N) is 1. The first kappa shape index (κ1) is 20.8. The molecule has 3 N–H and O–H groups in total. The molecule has 150 valence electrons. The molecule has 0 unspecified atom stereocenters. The van der Waals surface area contributed by atoms with Crippen LogP contribution in [0.5, 0.6) is 11.5 Å². The Morgan fingerprint density at radius 3 is 2.45 bits per heavy atom. The third-order valence-corrected chi connectivity index (χ3v) is 5.29. The molecule has 0 atom stereocenters. The van der Waals surface area contributed by atoms with E-state index in [-0.39, 0.29) is 21.9 Å². The summed E-state index contributed by atoms with van der Waals surface area (Å²) in [7, 11) is -3.91. The van der Waals surface area contributed by atoms with Crippen LogP contribution in [0.25, 0.3) is 0 Å². The average molecular weight is 435 g/mol. The summed E-state index contributed by atoms with van der Waals surface area (Å²) >= 11 is 6.16. The molecule has 0 spiro atoms. The molecule has 9 heteroatoms. The number of hydrogen-bond donors (Lipinski definition) is 2. The number of ether oxygens (including phenoxy) is 1. The van der Waals surface area contributed by atoms with Gasteiger partial charge in [-0.1, -0.05) is 17.7 Å². The van der Waals surface area contributed by atoms with Crippen LogP contribution in [0.1, 0.15) is 15.9 Å². The minimum absolute atomic E-state index is 0.134. The molecule has 6 nitrogen and oxygen atoms in total. The first-order chi connectivity index (χ1) is 13.6. The molecule has 0 aliphatic heterocycles. The summed E-state index contributed by atoms with van der Waals surface area (Å²) in [6.45, 7) is 1.72. The minimum atomic E-state index is -3.91. The van der Waals surface area contributed by atoms with Crippen molar-refractivity contribution in [1.82, 2.24) is 0 Å². The molecule has 3 aromatic rings. The van der Waals surface area contributed by atoms with Crippen molar-refractivity contribution in [3.63, 3.8) is 0 Å². The van der Waals surface area contributed by atoms with Crippen molar-refractivity contribution in [2.45, 2.75) is 11.8 Å². The van der Waals surface area contributed by atoms with Crippen LogP contribution in [-0.4, -0.2) is 14.3 Å². The highest BCUT2D eigenvalue weighted by molar-refractivity contribution is 7.89. The topological polar surface area (TPSA) is 98.5 Å². The number of anilines is 1. The summed E-state index contributed by atoms with van der Waals surface area (Å²) < 4.78 is 41.8. The number of benzene rings is 3. The van der Waals surface area contributed by atoms with Crippen LogP contribution in [0.15, 0.2) is 65.6 Å². The number of amides is 1. The minimum Gasteiger partial charge on any atom is -0.456 e. The molecule has 0 aliphatic rings. The van der Waals surface area contributed by atoms with Crippen molar-refractivity contribution in [2.24, 2.45) is 5.14 Å². The van der Waals surface area contributed by atoms with Gasteiger partial charge in [0.15, 0.2) is 0 Å². The van der Waals surface area contributed by atoms with E-state index in [2.05, 4.69) is 5.32 Å². The van der Waals surface area contributed by atoms with E-state index in [1.165, 1.54) is 54.6 Å². The number of rotatable bonds is 5. The van der Waals surface area contributed by atoms with Crippen molar-refractivity contribution in [3.8, 4) is 11.5 Å². The first-order valence-corrected chi connectivity index (χ1v) is 10.2. The predicted molar refractivity (Wildman–Crippen MR) is 108 cm³/mol. The maximum atomic E-state index is 13.1. The van der Waals surface area contributed by atoms with E-state index in [1.54, 1.807) is 13.0 Å². The molecule has 1 amide bonds. The van der Waals surface area contributed by atoms with Crippen molar-refractivity contribution in [1.29, 1.82) is 0 Å². The number of halogens is 2. The van der Waals surface area contributed by atoms with Crippen molar-refractivity contribution in [2.75, 3.05) is 5.32 Å². The van der Waals surface area contributed by atoms with E-state index in [0.29, 0.717) is 16.3 Å². The van der Waals surface area contributed by atoms with Gasteiger partial charge in [-0.05, 0) is 61.0 Å². The van der Waals surface area contributed by atoms with Gasteiger partial charge in [-0.15, -0.1) is 0 Å². The summed E-state index contributed by atoms with van der Waals surface area (Å²) in [5, 5.41) is 8.12. The molecule has 0 saturated carbocycles. The molecule has 3 aromatic carbocycles. The second-order valence-electron chi connectivity index (χ2n) is 6.18. The molecular formula is C20H16ClFN2O4S. The number of nitrogens with two attached hydrogens (primary N) is 1. The zero-order valence-electron chi connectivity index (χ0n) is 15.1. The van der Waals surface area contributed by atoms with Gasteiger partial charge in [0.05, 0.1) is 10.5 Å². The Morgan fingerprint density at radius 1 is 1.10 bits per heavy atom. The molecule has 0 bridgehead atoms. The van der Waals surface area contributed by atoms with Crippen LogP contribution in [0.2, 0.25) is 5.02 Å². The molecule has 0 radical (unpaired) electrons. The largest absolute Gasteiger partial charge is 0.456 e. The highest BCUT2D eigenvalue weighted by atomic mass is 35.5. The maximum Gasteiger partial charge on any atom is 0.259 e.